The maximum Gasteiger partial charge on any atom is 0.342 e. The van der Waals surface area contributed by atoms with Crippen molar-refractivity contribution in [3.8, 4) is 0 Å². The molecule has 0 amide bonds. The van der Waals surface area contributed by atoms with E-state index >= 15 is 0 Å². The number of para-hydroxylation sites is 1. The predicted octanol–water partition coefficient (Wildman–Crippen LogP) is 2.03. The molecule has 0 heterocycles. The van der Waals surface area contributed by atoms with Crippen LogP contribution in [0.3, 0.4) is 0 Å². The molecule has 14 heavy (non-hydrogen) atoms. The van der Waals surface area contributed by atoms with Crippen LogP contribution in [0.15, 0.2) is 18.2 Å². The summed E-state index contributed by atoms with van der Waals surface area (Å²) in [6.07, 6.45) is 0. The number of halogens is 1. The van der Waals surface area contributed by atoms with Crippen LogP contribution in [0.25, 0.3) is 0 Å². The minimum Gasteiger partial charge on any atom is -0.477 e. The summed E-state index contributed by atoms with van der Waals surface area (Å²) in [7, 11) is 0. The lowest BCUT2D eigenvalue weighted by Crippen LogP contribution is -2.04. The maximum absolute atomic E-state index is 10.6. The first-order chi connectivity index (χ1) is 6.57. The van der Waals surface area contributed by atoms with Gasteiger partial charge in [0.2, 0.25) is 0 Å². The summed E-state index contributed by atoms with van der Waals surface area (Å²) in [6, 6.07) is 4.03. The molecule has 0 spiro atoms. The first-order valence-corrected chi connectivity index (χ1v) is 4.17. The van der Waals surface area contributed by atoms with Gasteiger partial charge in [0.15, 0.2) is 0 Å². The van der Waals surface area contributed by atoms with E-state index in [-0.39, 0.29) is 17.0 Å². The van der Waals surface area contributed by atoms with Gasteiger partial charge in [0.1, 0.15) is 5.56 Å². The third-order valence-corrected chi connectivity index (χ3v) is 1.96. The number of carboxylic acids is 1. The van der Waals surface area contributed by atoms with Crippen molar-refractivity contribution in [2.75, 3.05) is 0 Å². The molecule has 1 aromatic carbocycles. The molecule has 0 aliphatic rings. The Labute approximate surface area is 84.1 Å². The Hall–Kier alpha value is -1.62. The van der Waals surface area contributed by atoms with Crippen molar-refractivity contribution >= 4 is 23.3 Å². The highest BCUT2D eigenvalue weighted by Crippen LogP contribution is 2.25. The number of aromatic carboxylic acids is 1. The highest BCUT2D eigenvalue weighted by molar-refractivity contribution is 6.17. The second kappa shape index (κ2) is 4.06. The second-order valence-electron chi connectivity index (χ2n) is 2.51. The average molecular weight is 216 g/mol. The van der Waals surface area contributed by atoms with Crippen LogP contribution in [0, 0.1) is 10.1 Å². The zero-order valence-electron chi connectivity index (χ0n) is 6.94. The van der Waals surface area contributed by atoms with E-state index < -0.39 is 16.6 Å². The summed E-state index contributed by atoms with van der Waals surface area (Å²) in [4.78, 5) is 20.5. The number of benzene rings is 1. The summed E-state index contributed by atoms with van der Waals surface area (Å²) in [6.45, 7) is 0. The molecule has 1 N–H and O–H groups in total. The first-order valence-electron chi connectivity index (χ1n) is 3.63. The Morgan fingerprint density at radius 2 is 2.21 bits per heavy atom. The highest BCUT2D eigenvalue weighted by Gasteiger charge is 2.22. The molecular weight excluding hydrogens is 210 g/mol. The average Bonchev–Trinajstić information content (AvgIpc) is 2.16. The van der Waals surface area contributed by atoms with Gasteiger partial charge in [-0.1, -0.05) is 12.1 Å². The summed E-state index contributed by atoms with van der Waals surface area (Å²) < 4.78 is 0. The number of rotatable bonds is 3. The lowest BCUT2D eigenvalue weighted by molar-refractivity contribution is -0.385. The third kappa shape index (κ3) is 1.82. The number of hydrogen-bond acceptors (Lipinski definition) is 3. The van der Waals surface area contributed by atoms with Gasteiger partial charge >= 0.3 is 5.97 Å². The van der Waals surface area contributed by atoms with E-state index in [0.717, 1.165) is 0 Å². The molecule has 0 fully saturated rings. The number of alkyl halides is 1. The van der Waals surface area contributed by atoms with Gasteiger partial charge in [-0.25, -0.2) is 4.79 Å². The molecule has 0 bridgehead atoms. The van der Waals surface area contributed by atoms with Gasteiger partial charge in [0, 0.05) is 5.56 Å². The van der Waals surface area contributed by atoms with Crippen molar-refractivity contribution in [3.05, 3.63) is 39.4 Å². The molecule has 0 aromatic heterocycles. The number of nitro groups is 1. The summed E-state index contributed by atoms with van der Waals surface area (Å²) in [5.74, 6) is -1.42. The number of carboxylic acid groups (broad SMARTS) is 1. The minimum atomic E-state index is -1.33. The topological polar surface area (TPSA) is 80.4 Å². The van der Waals surface area contributed by atoms with E-state index in [4.69, 9.17) is 16.7 Å². The molecule has 1 rings (SSSR count). The van der Waals surface area contributed by atoms with Gasteiger partial charge in [-0.15, -0.1) is 11.6 Å². The van der Waals surface area contributed by atoms with Crippen LogP contribution >= 0.6 is 11.6 Å². The lowest BCUT2D eigenvalue weighted by Gasteiger charge is -2.01. The molecule has 1 aromatic rings. The van der Waals surface area contributed by atoms with Gasteiger partial charge in [-0.2, -0.15) is 0 Å². The Bertz CT molecular complexity index is 391. The number of nitrogens with zero attached hydrogens (tertiary/aromatic N) is 1. The van der Waals surface area contributed by atoms with Gasteiger partial charge in [-0.05, 0) is 6.07 Å². The zero-order chi connectivity index (χ0) is 10.7. The normalized spacial score (nSPS) is 9.79. The van der Waals surface area contributed by atoms with E-state index in [1.807, 2.05) is 0 Å². The van der Waals surface area contributed by atoms with Crippen LogP contribution in [-0.4, -0.2) is 16.0 Å². The second-order valence-corrected chi connectivity index (χ2v) is 2.78. The van der Waals surface area contributed by atoms with Crippen LogP contribution < -0.4 is 0 Å². The Morgan fingerprint density at radius 1 is 1.57 bits per heavy atom. The summed E-state index contributed by atoms with van der Waals surface area (Å²) in [5.41, 5.74) is -0.570. The Balaban J connectivity index is 3.43. The molecule has 0 unspecified atom stereocenters. The fraction of sp³-hybridized carbons (Fsp3) is 0.125. The molecule has 0 aliphatic heterocycles. The van der Waals surface area contributed by atoms with E-state index in [9.17, 15) is 14.9 Å². The summed E-state index contributed by atoms with van der Waals surface area (Å²) in [5, 5.41) is 19.3. The SMILES string of the molecule is O=C(O)c1cccc(CCl)c1[N+](=O)[O-]. The van der Waals surface area contributed by atoms with Crippen LogP contribution in [0.4, 0.5) is 5.69 Å². The van der Waals surface area contributed by atoms with Crippen molar-refractivity contribution in [1.29, 1.82) is 0 Å². The quantitative estimate of drug-likeness (QED) is 0.475. The molecule has 5 nitrogen and oxygen atoms in total. The van der Waals surface area contributed by atoms with Crippen molar-refractivity contribution in [2.45, 2.75) is 5.88 Å². The van der Waals surface area contributed by atoms with E-state index in [0.29, 0.717) is 0 Å². The highest BCUT2D eigenvalue weighted by atomic mass is 35.5. The van der Waals surface area contributed by atoms with Gasteiger partial charge in [0.25, 0.3) is 5.69 Å². The predicted molar refractivity (Wildman–Crippen MR) is 49.6 cm³/mol. The Kier molecular flexibility index (Phi) is 3.03. The van der Waals surface area contributed by atoms with Gasteiger partial charge < -0.3 is 5.11 Å². The van der Waals surface area contributed by atoms with Crippen LogP contribution in [0.5, 0.6) is 0 Å². The number of nitro benzene ring substituents is 1. The molecule has 0 atom stereocenters. The molecule has 74 valence electrons. The van der Waals surface area contributed by atoms with E-state index in [2.05, 4.69) is 0 Å². The fourth-order valence-corrected chi connectivity index (χ4v) is 1.30. The first kappa shape index (κ1) is 10.5. The molecule has 6 heteroatoms. The van der Waals surface area contributed by atoms with E-state index in [1.165, 1.54) is 18.2 Å². The fourth-order valence-electron chi connectivity index (χ4n) is 1.09. The largest absolute Gasteiger partial charge is 0.477 e. The molecular formula is C8H6ClNO4. The third-order valence-electron chi connectivity index (χ3n) is 1.68. The van der Waals surface area contributed by atoms with E-state index in [1.54, 1.807) is 0 Å². The zero-order valence-corrected chi connectivity index (χ0v) is 7.69. The Morgan fingerprint density at radius 3 is 2.64 bits per heavy atom. The smallest absolute Gasteiger partial charge is 0.342 e. The molecule has 0 saturated heterocycles. The molecule has 0 aliphatic carbocycles. The number of carbonyl (C=O) groups is 1. The van der Waals surface area contributed by atoms with Crippen molar-refractivity contribution in [3.63, 3.8) is 0 Å². The molecule has 0 radical (unpaired) electrons. The maximum atomic E-state index is 10.6. The van der Waals surface area contributed by atoms with Crippen molar-refractivity contribution in [1.82, 2.24) is 0 Å². The van der Waals surface area contributed by atoms with Crippen LogP contribution in [0.1, 0.15) is 15.9 Å². The molecule has 0 saturated carbocycles. The lowest BCUT2D eigenvalue weighted by atomic mass is 10.1. The standard InChI is InChI=1S/C8H6ClNO4/c9-4-5-2-1-3-6(8(11)12)7(5)10(13)14/h1-3H,4H2,(H,11,12). The van der Waals surface area contributed by atoms with Crippen LogP contribution in [-0.2, 0) is 5.88 Å². The van der Waals surface area contributed by atoms with Gasteiger partial charge in [0.05, 0.1) is 10.8 Å². The monoisotopic (exact) mass is 215 g/mol. The minimum absolute atomic E-state index is 0.0859. The van der Waals surface area contributed by atoms with Crippen LogP contribution in [0.2, 0.25) is 0 Å². The van der Waals surface area contributed by atoms with Crippen molar-refractivity contribution in [2.24, 2.45) is 0 Å². The number of hydrogen-bond donors (Lipinski definition) is 1. The summed E-state index contributed by atoms with van der Waals surface area (Å²) >= 11 is 5.46. The van der Waals surface area contributed by atoms with Gasteiger partial charge in [-0.3, -0.25) is 10.1 Å². The van der Waals surface area contributed by atoms with Crippen molar-refractivity contribution < 1.29 is 14.8 Å².